The third kappa shape index (κ3) is 4.74. The number of rotatable bonds is 4. The van der Waals surface area contributed by atoms with Crippen LogP contribution in [0.5, 0.6) is 0 Å². The molecule has 0 heterocycles. The maximum atomic E-state index is 12.9. The molecule has 0 spiro atoms. The molecular weight excluding hydrogens is 403 g/mol. The average Bonchev–Trinajstić information content (AvgIpc) is 2.42. The van der Waals surface area contributed by atoms with Crippen LogP contribution in [-0.4, -0.2) is 25.3 Å². The number of carbonyl (C=O) groups is 1. The van der Waals surface area contributed by atoms with Crippen LogP contribution in [0, 0.1) is 0 Å². The molecule has 6 nitrogen and oxygen atoms in total. The van der Waals surface area contributed by atoms with Crippen LogP contribution >= 0.6 is 0 Å². The molecule has 23 heavy (non-hydrogen) atoms. The van der Waals surface area contributed by atoms with Crippen LogP contribution in [-0.2, 0) is 28.6 Å². The summed E-state index contributed by atoms with van der Waals surface area (Å²) in [5.74, 6) is -0.996. The van der Waals surface area contributed by atoms with Crippen LogP contribution in [0.1, 0.15) is 18.1 Å². The van der Waals surface area contributed by atoms with Gasteiger partial charge >= 0.3 is 126 Å². The predicted octanol–water partition coefficient (Wildman–Crippen LogP) is 1.86. The number of hydrogen-bond donors (Lipinski definition) is 2. The molecule has 1 aromatic rings. The van der Waals surface area contributed by atoms with Gasteiger partial charge < -0.3 is 0 Å². The van der Waals surface area contributed by atoms with Crippen molar-refractivity contribution < 1.29 is 47.8 Å². The molecule has 0 aliphatic rings. The van der Waals surface area contributed by atoms with E-state index in [4.69, 9.17) is 5.26 Å². The van der Waals surface area contributed by atoms with E-state index in [1.165, 1.54) is 5.48 Å². The van der Waals surface area contributed by atoms with Crippen molar-refractivity contribution in [2.45, 2.75) is 19.3 Å². The van der Waals surface area contributed by atoms with Gasteiger partial charge in [-0.05, 0) is 0 Å². The number of benzene rings is 1. The molecule has 0 bridgehead atoms. The fraction of sp³-hybridized carbons (Fsp3) is 0.300. The van der Waals surface area contributed by atoms with E-state index in [-0.39, 0.29) is 18.2 Å². The summed E-state index contributed by atoms with van der Waals surface area (Å²) < 4.78 is 94.7. The van der Waals surface area contributed by atoms with Gasteiger partial charge in [0.2, 0.25) is 0 Å². The van der Waals surface area contributed by atoms with Crippen molar-refractivity contribution in [2.75, 3.05) is 0 Å². The van der Waals surface area contributed by atoms with Crippen LogP contribution < -0.4 is 9.83 Å². The van der Waals surface area contributed by atoms with E-state index < -0.39 is 47.9 Å². The molecule has 0 aliphatic heterocycles. The van der Waals surface area contributed by atoms with E-state index in [0.717, 1.165) is 6.92 Å². The van der Waals surface area contributed by atoms with Crippen molar-refractivity contribution >= 4 is 24.4 Å². The number of amides is 1. The van der Waals surface area contributed by atoms with Gasteiger partial charge in [-0.25, -0.2) is 0 Å². The Morgan fingerprint density at radius 2 is 1.74 bits per heavy atom. The molecule has 1 rings (SSSR count). The van der Waals surface area contributed by atoms with Crippen molar-refractivity contribution in [2.24, 2.45) is 0 Å². The molecule has 0 aromatic heterocycles. The average molecular weight is 411 g/mol. The second-order valence-corrected chi connectivity index (χ2v) is 7.88. The summed E-state index contributed by atoms with van der Waals surface area (Å²) in [6.45, 7) is 0.842. The molecule has 1 amide bonds. The third-order valence-corrected chi connectivity index (χ3v) is 5.54. The molecule has 1 atom stereocenters. The van der Waals surface area contributed by atoms with E-state index in [9.17, 15) is 34.9 Å². The van der Waals surface area contributed by atoms with Crippen molar-refractivity contribution in [3.05, 3.63) is 29.3 Å². The Hall–Kier alpha value is -1.49. The number of halogens is 6. The van der Waals surface area contributed by atoms with Crippen LogP contribution in [0.15, 0.2) is 18.2 Å². The summed E-state index contributed by atoms with van der Waals surface area (Å²) in [5.41, 5.74) is -2.23. The molecule has 1 unspecified atom stereocenters. The Kier molecular flexibility index (Phi) is 5.57. The molecule has 2 N–H and O–H groups in total. The molecule has 0 saturated heterocycles. The fourth-order valence-electron chi connectivity index (χ4n) is 1.41. The Morgan fingerprint density at radius 3 is 2.13 bits per heavy atom. The molecule has 13 heteroatoms. The second-order valence-electron chi connectivity index (χ2n) is 4.06. The van der Waals surface area contributed by atoms with Gasteiger partial charge in [-0.1, -0.05) is 0 Å². The maximum absolute atomic E-state index is 12.9. The number of hydroxylamine groups is 1. The first-order chi connectivity index (χ1) is 10.3. The van der Waals surface area contributed by atoms with E-state index in [1.807, 2.05) is 0 Å². The van der Waals surface area contributed by atoms with Gasteiger partial charge in [0.25, 0.3) is 0 Å². The van der Waals surface area contributed by atoms with Gasteiger partial charge in [0.05, 0.1) is 0 Å². The molecule has 0 fully saturated rings. The Balaban J connectivity index is 3.50. The summed E-state index contributed by atoms with van der Waals surface area (Å²) in [4.78, 5) is 10.6. The van der Waals surface area contributed by atoms with Gasteiger partial charge in [-0.15, -0.1) is 0 Å². The Bertz CT molecular complexity index is 644. The number of carbonyl (C=O) groups excluding carboxylic acids is 1. The molecule has 130 valence electrons. The molecule has 0 saturated carbocycles. The summed E-state index contributed by atoms with van der Waals surface area (Å²) in [6.07, 6.45) is -10.4. The first-order valence-electron chi connectivity index (χ1n) is 5.48. The van der Waals surface area contributed by atoms with Crippen LogP contribution in [0.3, 0.4) is 0 Å². The predicted molar refractivity (Wildman–Crippen MR) is 61.1 cm³/mol. The number of nitrogens with one attached hydrogen (secondary N) is 1. The van der Waals surface area contributed by atoms with Crippen molar-refractivity contribution in [1.29, 1.82) is 0 Å². The summed E-state index contributed by atoms with van der Waals surface area (Å²) in [5, 5.41) is 8.57. The zero-order chi connectivity index (χ0) is 18.1. The van der Waals surface area contributed by atoms with Crippen LogP contribution in [0.25, 0.3) is 0 Å². The number of alkyl halides is 6. The summed E-state index contributed by atoms with van der Waals surface area (Å²) in [6, 6.07) is 0.0950. The topological polar surface area (TPSA) is 84.9 Å². The molecule has 1 aromatic carbocycles. The zero-order valence-corrected chi connectivity index (χ0v) is 12.9. The van der Waals surface area contributed by atoms with Gasteiger partial charge in [-0.3, -0.25) is 0 Å². The molecule has 0 aliphatic carbocycles. The monoisotopic (exact) mass is 411 g/mol. The quantitative estimate of drug-likeness (QED) is 0.342. The van der Waals surface area contributed by atoms with Crippen LogP contribution in [0.2, 0.25) is 0 Å². The van der Waals surface area contributed by atoms with E-state index in [0.29, 0.717) is 0 Å². The van der Waals surface area contributed by atoms with E-state index >= 15 is 0 Å². The van der Waals surface area contributed by atoms with E-state index in [2.05, 4.69) is 7.70 Å². The Morgan fingerprint density at radius 1 is 1.17 bits per heavy atom. The minimum atomic E-state index is -5.91. The summed E-state index contributed by atoms with van der Waals surface area (Å²) in [7, 11) is 0. The SMILES string of the molecule is CC(=O)NO[As](=O)(OO)c1ccc(C(F)(F)F)cc1C(F)(F)F. The van der Waals surface area contributed by atoms with Gasteiger partial charge in [-0.2, -0.15) is 0 Å². The minimum absolute atomic E-state index is 0.198. The first kappa shape index (κ1) is 19.6. The summed E-state index contributed by atoms with van der Waals surface area (Å²) >= 11 is -5.91. The third-order valence-electron chi connectivity index (χ3n) is 2.34. The standard InChI is InChI=1S/C10H8AsF6NO5/c1-5(19)18-22-11(20,23-21)8-3-2-6(9(12,13)14)4-7(8)10(15,16)17/h2-4,21H,1H3,(H,18,19). The van der Waals surface area contributed by atoms with Crippen molar-refractivity contribution in [3.8, 4) is 0 Å². The van der Waals surface area contributed by atoms with E-state index in [1.54, 1.807) is 0 Å². The van der Waals surface area contributed by atoms with Crippen LogP contribution in [0.4, 0.5) is 26.3 Å². The fourth-order valence-corrected chi connectivity index (χ4v) is 3.95. The van der Waals surface area contributed by atoms with Gasteiger partial charge in [0, 0.05) is 0 Å². The van der Waals surface area contributed by atoms with Gasteiger partial charge in [0.1, 0.15) is 0 Å². The number of hydrogen-bond acceptors (Lipinski definition) is 5. The van der Waals surface area contributed by atoms with Gasteiger partial charge in [0.15, 0.2) is 0 Å². The first-order valence-corrected chi connectivity index (χ1v) is 8.72. The zero-order valence-electron chi connectivity index (χ0n) is 11.0. The normalized spacial score (nSPS) is 15.1. The van der Waals surface area contributed by atoms with Crippen molar-refractivity contribution in [3.63, 3.8) is 0 Å². The Labute approximate surface area is 127 Å². The second kappa shape index (κ2) is 6.55. The molecule has 0 radical (unpaired) electrons. The van der Waals surface area contributed by atoms with Crippen molar-refractivity contribution in [1.82, 2.24) is 5.48 Å². The molecular formula is C10H8AsF6NO5.